The van der Waals surface area contributed by atoms with Crippen LogP contribution in [0.2, 0.25) is 0 Å². The van der Waals surface area contributed by atoms with E-state index in [0.717, 1.165) is 23.1 Å². The van der Waals surface area contributed by atoms with Crippen LogP contribution in [0.3, 0.4) is 0 Å². The van der Waals surface area contributed by atoms with Gasteiger partial charge in [-0.1, -0.05) is 12.1 Å². The lowest BCUT2D eigenvalue weighted by atomic mass is 10.1. The van der Waals surface area contributed by atoms with Crippen LogP contribution < -0.4 is 5.32 Å². The van der Waals surface area contributed by atoms with Crippen molar-refractivity contribution in [3.05, 3.63) is 63.7 Å². The minimum atomic E-state index is -4.92. The number of nitro groups is 1. The molecule has 12 nitrogen and oxygen atoms in total. The molecule has 0 radical (unpaired) electrons. The highest BCUT2D eigenvalue weighted by Gasteiger charge is 2.11. The van der Waals surface area contributed by atoms with Gasteiger partial charge in [-0.15, -0.1) is 5.11 Å². The minimum absolute atomic E-state index is 0.115. The SMILES string of the molecule is CC(NCC[N+](C)(C)C)c1ccc(N=Nc2ccc([N+](=O)[O-])cc2C#N)cc1.O=S(=O)([O-])O. The Hall–Kier alpha value is -3.28. The molecule has 1 atom stereocenters. The van der Waals surface area contributed by atoms with E-state index in [1.165, 1.54) is 18.2 Å². The number of azo groups is 1. The van der Waals surface area contributed by atoms with Crippen LogP contribution in [0.15, 0.2) is 52.7 Å². The van der Waals surface area contributed by atoms with E-state index in [1.807, 2.05) is 30.3 Å². The van der Waals surface area contributed by atoms with Gasteiger partial charge in [0.25, 0.3) is 5.69 Å². The number of non-ortho nitro benzene ring substituents is 1. The zero-order valence-electron chi connectivity index (χ0n) is 18.7. The van der Waals surface area contributed by atoms with Gasteiger partial charge in [0, 0.05) is 24.7 Å². The minimum Gasteiger partial charge on any atom is -0.726 e. The summed E-state index contributed by atoms with van der Waals surface area (Å²) in [6.45, 7) is 4.07. The fourth-order valence-electron chi connectivity index (χ4n) is 2.49. The average Bonchev–Trinajstić information content (AvgIpc) is 2.70. The Labute approximate surface area is 192 Å². The summed E-state index contributed by atoms with van der Waals surface area (Å²) in [5, 5.41) is 31.7. The first-order valence-electron chi connectivity index (χ1n) is 9.62. The summed E-state index contributed by atoms with van der Waals surface area (Å²) < 4.78 is 33.7. The highest BCUT2D eigenvalue weighted by molar-refractivity contribution is 7.79. The lowest BCUT2D eigenvalue weighted by Crippen LogP contribution is -2.40. The van der Waals surface area contributed by atoms with Crippen LogP contribution in [0.4, 0.5) is 17.1 Å². The largest absolute Gasteiger partial charge is 0.726 e. The second-order valence-corrected chi connectivity index (χ2v) is 8.83. The molecule has 2 rings (SSSR count). The van der Waals surface area contributed by atoms with Crippen LogP contribution in [0.1, 0.15) is 24.1 Å². The lowest BCUT2D eigenvalue weighted by molar-refractivity contribution is -0.869. The van der Waals surface area contributed by atoms with Gasteiger partial charge in [0.15, 0.2) is 0 Å². The summed E-state index contributed by atoms with van der Waals surface area (Å²) in [4.78, 5) is 10.3. The Bertz CT molecular complexity index is 1110. The first-order chi connectivity index (χ1) is 15.2. The number of nitrogens with zero attached hydrogens (tertiary/aromatic N) is 5. The Morgan fingerprint density at radius 2 is 1.76 bits per heavy atom. The van der Waals surface area contributed by atoms with E-state index in [-0.39, 0.29) is 17.3 Å². The van der Waals surface area contributed by atoms with Crippen molar-refractivity contribution in [3.8, 4) is 6.07 Å². The van der Waals surface area contributed by atoms with Crippen molar-refractivity contribution in [2.45, 2.75) is 13.0 Å². The fraction of sp³-hybridized carbons (Fsp3) is 0.350. The van der Waals surface area contributed by atoms with E-state index in [0.29, 0.717) is 11.4 Å². The molecular formula is C20H26N6O6S. The third-order valence-electron chi connectivity index (χ3n) is 4.21. The molecule has 0 saturated heterocycles. The van der Waals surface area contributed by atoms with Crippen molar-refractivity contribution in [3.63, 3.8) is 0 Å². The molecule has 0 amide bonds. The molecular weight excluding hydrogens is 452 g/mol. The van der Waals surface area contributed by atoms with Crippen molar-refractivity contribution in [1.82, 2.24) is 5.32 Å². The molecule has 0 aliphatic carbocycles. The first-order valence-corrected chi connectivity index (χ1v) is 11.0. The van der Waals surface area contributed by atoms with Gasteiger partial charge in [0.05, 0.1) is 43.9 Å². The second-order valence-electron chi connectivity index (χ2n) is 7.98. The second kappa shape index (κ2) is 12.1. The van der Waals surface area contributed by atoms with Crippen LogP contribution in [0.5, 0.6) is 0 Å². The molecule has 0 saturated carbocycles. The van der Waals surface area contributed by atoms with Gasteiger partial charge in [-0.2, -0.15) is 10.4 Å². The van der Waals surface area contributed by atoms with Gasteiger partial charge in [0.2, 0.25) is 10.4 Å². The Balaban J connectivity index is 0.000000981. The number of nitrogens with one attached hydrogen (secondary N) is 1. The maximum atomic E-state index is 10.8. The predicted molar refractivity (Wildman–Crippen MR) is 120 cm³/mol. The van der Waals surface area contributed by atoms with E-state index in [1.54, 1.807) is 0 Å². The molecule has 2 aromatic rings. The fourth-order valence-corrected chi connectivity index (χ4v) is 2.49. The molecule has 1 unspecified atom stereocenters. The molecule has 0 spiro atoms. The number of nitro benzene ring substituents is 1. The normalized spacial score (nSPS) is 12.5. The number of benzene rings is 2. The van der Waals surface area contributed by atoms with Gasteiger partial charge in [-0.3, -0.25) is 14.7 Å². The standard InChI is InChI=1S/C20H25N6O2.H2O4S/c1-15(22-11-12-26(2,3)4)16-5-7-18(8-6-16)23-24-20-10-9-19(25(27)28)13-17(20)14-21;1-5(2,3)4/h5-10,13,15,22H,11-12H2,1-4H3;(H2,1,2,3,4)/q+1;/p-1. The zero-order valence-corrected chi connectivity index (χ0v) is 19.5. The summed E-state index contributed by atoms with van der Waals surface area (Å²) in [5.74, 6) is 0. The predicted octanol–water partition coefficient (Wildman–Crippen LogP) is 3.24. The zero-order chi connectivity index (χ0) is 25.2. The molecule has 0 bridgehead atoms. The molecule has 0 fully saturated rings. The van der Waals surface area contributed by atoms with Crippen molar-refractivity contribution in [2.24, 2.45) is 10.2 Å². The Kier molecular flexibility index (Phi) is 10.2. The lowest BCUT2D eigenvalue weighted by Gasteiger charge is -2.25. The van der Waals surface area contributed by atoms with Gasteiger partial charge >= 0.3 is 0 Å². The van der Waals surface area contributed by atoms with E-state index < -0.39 is 15.3 Å². The van der Waals surface area contributed by atoms with Gasteiger partial charge in [-0.25, -0.2) is 8.42 Å². The number of nitriles is 1. The van der Waals surface area contributed by atoms with Gasteiger partial charge < -0.3 is 14.4 Å². The number of quaternary nitrogens is 1. The highest BCUT2D eigenvalue weighted by Crippen LogP contribution is 2.26. The van der Waals surface area contributed by atoms with Crippen molar-refractivity contribution in [1.29, 1.82) is 5.26 Å². The molecule has 33 heavy (non-hydrogen) atoms. The maximum Gasteiger partial charge on any atom is 0.270 e. The van der Waals surface area contributed by atoms with Crippen LogP contribution in [0, 0.1) is 21.4 Å². The summed E-state index contributed by atoms with van der Waals surface area (Å²) in [7, 11) is 1.57. The van der Waals surface area contributed by atoms with E-state index in [4.69, 9.17) is 22.8 Å². The summed E-state index contributed by atoms with van der Waals surface area (Å²) in [6.07, 6.45) is 0. The van der Waals surface area contributed by atoms with E-state index >= 15 is 0 Å². The van der Waals surface area contributed by atoms with E-state index in [9.17, 15) is 10.1 Å². The average molecular weight is 479 g/mol. The van der Waals surface area contributed by atoms with Crippen LogP contribution >= 0.6 is 0 Å². The molecule has 13 heteroatoms. The van der Waals surface area contributed by atoms with Crippen LogP contribution in [0.25, 0.3) is 0 Å². The molecule has 0 aromatic heterocycles. The Morgan fingerprint density at radius 1 is 1.18 bits per heavy atom. The number of hydrogen-bond acceptors (Lipinski definition) is 9. The van der Waals surface area contributed by atoms with Crippen molar-refractivity contribution >= 4 is 27.5 Å². The third kappa shape index (κ3) is 11.8. The molecule has 0 heterocycles. The Morgan fingerprint density at radius 3 is 2.24 bits per heavy atom. The summed E-state index contributed by atoms with van der Waals surface area (Å²) >= 11 is 0. The quantitative estimate of drug-likeness (QED) is 0.145. The van der Waals surface area contributed by atoms with Gasteiger partial charge in [0.1, 0.15) is 11.8 Å². The molecule has 0 aliphatic rings. The number of rotatable bonds is 8. The summed E-state index contributed by atoms with van der Waals surface area (Å²) in [5.41, 5.74) is 2.06. The van der Waals surface area contributed by atoms with Crippen molar-refractivity contribution < 1.29 is 26.9 Å². The van der Waals surface area contributed by atoms with Crippen LogP contribution in [-0.4, -0.2) is 61.2 Å². The third-order valence-corrected chi connectivity index (χ3v) is 4.21. The molecule has 2 aromatic carbocycles. The van der Waals surface area contributed by atoms with E-state index in [2.05, 4.69) is 43.6 Å². The topological polar surface area (TPSA) is 181 Å². The smallest absolute Gasteiger partial charge is 0.270 e. The number of likely N-dealkylation sites (N-methyl/N-ethyl adjacent to an activating group) is 1. The highest BCUT2D eigenvalue weighted by atomic mass is 32.3. The maximum absolute atomic E-state index is 10.8. The molecule has 178 valence electrons. The molecule has 2 N–H and O–H groups in total. The molecule has 0 aliphatic heterocycles. The van der Waals surface area contributed by atoms with Crippen LogP contribution in [-0.2, 0) is 10.4 Å². The van der Waals surface area contributed by atoms with Crippen molar-refractivity contribution in [2.75, 3.05) is 34.2 Å². The number of hydrogen-bond donors (Lipinski definition) is 2. The first kappa shape index (κ1) is 27.8. The van der Waals surface area contributed by atoms with Gasteiger partial charge in [-0.05, 0) is 30.7 Å². The monoisotopic (exact) mass is 478 g/mol. The summed E-state index contributed by atoms with van der Waals surface area (Å²) in [6, 6.07) is 13.7.